The Morgan fingerprint density at radius 2 is 1.96 bits per heavy atom. The quantitative estimate of drug-likeness (QED) is 0.826. The molecule has 0 aromatic carbocycles. The van der Waals surface area contributed by atoms with Gasteiger partial charge < -0.3 is 15.4 Å². The number of ether oxygens (including phenoxy) is 1. The molecular formula is C18H31N3O2S. The lowest BCUT2D eigenvalue weighted by atomic mass is 10.0. The first-order valence-electron chi connectivity index (χ1n) is 8.81. The van der Waals surface area contributed by atoms with Gasteiger partial charge in [0, 0.05) is 35.4 Å². The third-order valence-corrected chi connectivity index (χ3v) is 5.63. The van der Waals surface area contributed by atoms with Crippen LogP contribution in [0.2, 0.25) is 0 Å². The fourth-order valence-corrected chi connectivity index (χ4v) is 4.32. The molecule has 0 saturated carbocycles. The van der Waals surface area contributed by atoms with E-state index < -0.39 is 0 Å². The first-order valence-corrected chi connectivity index (χ1v) is 9.63. The van der Waals surface area contributed by atoms with Crippen LogP contribution in [-0.2, 0) is 4.74 Å². The lowest BCUT2D eigenvalue weighted by Gasteiger charge is -2.37. The van der Waals surface area contributed by atoms with Crippen molar-refractivity contribution in [2.24, 2.45) is 5.92 Å². The van der Waals surface area contributed by atoms with Crippen LogP contribution in [0.4, 0.5) is 4.79 Å². The van der Waals surface area contributed by atoms with Crippen LogP contribution in [0, 0.1) is 19.8 Å². The number of thiophene rings is 1. The Bertz CT molecular complexity index is 538. The molecule has 2 N–H and O–H groups in total. The van der Waals surface area contributed by atoms with Gasteiger partial charge in [0.25, 0.3) is 0 Å². The molecule has 2 heterocycles. The van der Waals surface area contributed by atoms with Gasteiger partial charge in [0.1, 0.15) is 0 Å². The largest absolute Gasteiger partial charge is 0.379 e. The normalized spacial score (nSPS) is 18.4. The number of hydrogen-bond donors (Lipinski definition) is 2. The van der Waals surface area contributed by atoms with Gasteiger partial charge in [-0.1, -0.05) is 13.8 Å². The van der Waals surface area contributed by atoms with E-state index in [9.17, 15) is 4.79 Å². The molecule has 1 saturated heterocycles. The number of hydrogen-bond acceptors (Lipinski definition) is 4. The number of urea groups is 1. The van der Waals surface area contributed by atoms with E-state index >= 15 is 0 Å². The number of amides is 2. The number of carbonyl (C=O) groups excluding carboxylic acids is 1. The highest BCUT2D eigenvalue weighted by atomic mass is 32.1. The third kappa shape index (κ3) is 5.19. The molecule has 0 radical (unpaired) electrons. The predicted octanol–water partition coefficient (Wildman–Crippen LogP) is 3.08. The van der Waals surface area contributed by atoms with Crippen molar-refractivity contribution in [3.8, 4) is 0 Å². The number of carbonyl (C=O) groups is 1. The van der Waals surface area contributed by atoms with Gasteiger partial charge >= 0.3 is 6.03 Å². The maximum atomic E-state index is 12.3. The Labute approximate surface area is 149 Å². The van der Waals surface area contributed by atoms with Gasteiger partial charge in [0.2, 0.25) is 0 Å². The Morgan fingerprint density at radius 3 is 2.50 bits per heavy atom. The van der Waals surface area contributed by atoms with Gasteiger partial charge in [0.15, 0.2) is 0 Å². The first-order chi connectivity index (χ1) is 11.4. The van der Waals surface area contributed by atoms with Crippen molar-refractivity contribution in [1.29, 1.82) is 0 Å². The van der Waals surface area contributed by atoms with Crippen molar-refractivity contribution in [3.05, 3.63) is 21.4 Å². The topological polar surface area (TPSA) is 53.6 Å². The van der Waals surface area contributed by atoms with Gasteiger partial charge in [-0.05, 0) is 38.3 Å². The highest BCUT2D eigenvalue weighted by Crippen LogP contribution is 2.26. The Kier molecular flexibility index (Phi) is 7.07. The van der Waals surface area contributed by atoms with Crippen molar-refractivity contribution in [2.45, 2.75) is 46.7 Å². The van der Waals surface area contributed by atoms with E-state index in [1.807, 2.05) is 6.92 Å². The maximum absolute atomic E-state index is 12.3. The first kappa shape index (κ1) is 19.2. The van der Waals surface area contributed by atoms with Crippen molar-refractivity contribution in [2.75, 3.05) is 32.8 Å². The molecule has 1 aromatic heterocycles. The molecule has 0 bridgehead atoms. The summed E-state index contributed by atoms with van der Waals surface area (Å²) in [7, 11) is 0. The molecule has 0 spiro atoms. The minimum Gasteiger partial charge on any atom is -0.379 e. The zero-order chi connectivity index (χ0) is 17.7. The Balaban J connectivity index is 1.85. The number of nitrogens with one attached hydrogen (secondary N) is 2. The molecule has 2 unspecified atom stereocenters. The summed E-state index contributed by atoms with van der Waals surface area (Å²) in [5, 5.41) is 6.12. The summed E-state index contributed by atoms with van der Waals surface area (Å²) < 4.78 is 5.43. The van der Waals surface area contributed by atoms with Gasteiger partial charge in [-0.2, -0.15) is 0 Å². The smallest absolute Gasteiger partial charge is 0.315 e. The molecule has 24 heavy (non-hydrogen) atoms. The molecule has 1 aliphatic rings. The minimum absolute atomic E-state index is 0.0239. The predicted molar refractivity (Wildman–Crippen MR) is 99.8 cm³/mol. The van der Waals surface area contributed by atoms with Gasteiger partial charge in [-0.25, -0.2) is 4.79 Å². The van der Waals surface area contributed by atoms with E-state index in [1.54, 1.807) is 11.3 Å². The van der Waals surface area contributed by atoms with Gasteiger partial charge in [-0.3, -0.25) is 4.90 Å². The summed E-state index contributed by atoms with van der Waals surface area (Å²) in [6.07, 6.45) is 0. The van der Waals surface area contributed by atoms with E-state index in [-0.39, 0.29) is 12.1 Å². The van der Waals surface area contributed by atoms with Gasteiger partial charge in [-0.15, -0.1) is 11.3 Å². The Morgan fingerprint density at radius 1 is 1.29 bits per heavy atom. The molecule has 1 aromatic rings. The van der Waals surface area contributed by atoms with Crippen molar-refractivity contribution in [1.82, 2.24) is 15.5 Å². The maximum Gasteiger partial charge on any atom is 0.315 e. The second kappa shape index (κ2) is 8.83. The highest BCUT2D eigenvalue weighted by Gasteiger charge is 2.24. The zero-order valence-corrected chi connectivity index (χ0v) is 16.3. The second-order valence-corrected chi connectivity index (χ2v) is 8.36. The van der Waals surface area contributed by atoms with Crippen LogP contribution >= 0.6 is 11.3 Å². The summed E-state index contributed by atoms with van der Waals surface area (Å²) in [6.45, 7) is 14.8. The summed E-state index contributed by atoms with van der Waals surface area (Å²) in [4.78, 5) is 17.3. The zero-order valence-electron chi connectivity index (χ0n) is 15.5. The summed E-state index contributed by atoms with van der Waals surface area (Å²) >= 11 is 1.78. The lowest BCUT2D eigenvalue weighted by Crippen LogP contribution is -2.52. The fourth-order valence-electron chi connectivity index (χ4n) is 3.30. The van der Waals surface area contributed by atoms with E-state index in [0.29, 0.717) is 18.5 Å². The van der Waals surface area contributed by atoms with Crippen molar-refractivity contribution >= 4 is 17.4 Å². The van der Waals surface area contributed by atoms with E-state index in [0.717, 1.165) is 26.3 Å². The van der Waals surface area contributed by atoms with Crippen LogP contribution in [0.25, 0.3) is 0 Å². The molecule has 6 heteroatoms. The second-order valence-electron chi connectivity index (χ2n) is 6.90. The monoisotopic (exact) mass is 353 g/mol. The summed E-state index contributed by atoms with van der Waals surface area (Å²) in [5.74, 6) is 0.489. The van der Waals surface area contributed by atoms with Crippen molar-refractivity contribution < 1.29 is 9.53 Å². The molecule has 1 fully saturated rings. The Hall–Kier alpha value is -1.11. The highest BCUT2D eigenvalue weighted by molar-refractivity contribution is 7.12. The van der Waals surface area contributed by atoms with Crippen LogP contribution in [0.3, 0.4) is 0 Å². The number of rotatable bonds is 6. The molecular weight excluding hydrogens is 322 g/mol. The van der Waals surface area contributed by atoms with E-state index in [1.165, 1.54) is 15.3 Å². The molecule has 136 valence electrons. The average molecular weight is 354 g/mol. The molecule has 0 aliphatic carbocycles. The molecule has 5 nitrogen and oxygen atoms in total. The lowest BCUT2D eigenvalue weighted by molar-refractivity contribution is 0.00718. The molecule has 2 atom stereocenters. The number of nitrogens with zero attached hydrogens (tertiary/aromatic N) is 1. The van der Waals surface area contributed by atoms with Crippen LogP contribution in [0.1, 0.15) is 42.1 Å². The summed E-state index contributed by atoms with van der Waals surface area (Å²) in [6, 6.07) is 2.44. The molecule has 1 aliphatic heterocycles. The standard InChI is InChI=1S/C18H31N3O2S/c1-12(2)17(21-6-8-23-9-7-21)11-19-18(22)20-14(4)16-10-13(3)24-15(16)5/h10,12,14,17H,6-9,11H2,1-5H3,(H2,19,20,22). The van der Waals surface area contributed by atoms with Crippen LogP contribution in [0.5, 0.6) is 0 Å². The SMILES string of the molecule is Cc1cc(C(C)NC(=O)NCC(C(C)C)N2CCOCC2)c(C)s1. The fraction of sp³-hybridized carbons (Fsp3) is 0.722. The number of morpholine rings is 1. The molecule has 2 amide bonds. The van der Waals surface area contributed by atoms with Crippen LogP contribution < -0.4 is 10.6 Å². The van der Waals surface area contributed by atoms with E-state index in [4.69, 9.17) is 4.74 Å². The summed E-state index contributed by atoms with van der Waals surface area (Å²) in [5.41, 5.74) is 1.21. The average Bonchev–Trinajstić information content (AvgIpc) is 2.87. The third-order valence-electron chi connectivity index (χ3n) is 4.65. The van der Waals surface area contributed by atoms with E-state index in [2.05, 4.69) is 49.3 Å². The minimum atomic E-state index is -0.0929. The van der Waals surface area contributed by atoms with Gasteiger partial charge in [0.05, 0.1) is 19.3 Å². The number of aryl methyl sites for hydroxylation is 2. The van der Waals surface area contributed by atoms with Crippen molar-refractivity contribution in [3.63, 3.8) is 0 Å². The van der Waals surface area contributed by atoms with Crippen LogP contribution in [0.15, 0.2) is 6.07 Å². The van der Waals surface area contributed by atoms with Crippen LogP contribution in [-0.4, -0.2) is 49.8 Å². The molecule has 2 rings (SSSR count).